The lowest BCUT2D eigenvalue weighted by molar-refractivity contribution is 0.0634. The monoisotopic (exact) mass is 403 g/mol. The lowest BCUT2D eigenvalue weighted by Gasteiger charge is -2.30. The van der Waals surface area contributed by atoms with Gasteiger partial charge < -0.3 is 15.2 Å². The van der Waals surface area contributed by atoms with Crippen LogP contribution in [0.15, 0.2) is 73.1 Å². The summed E-state index contributed by atoms with van der Waals surface area (Å²) in [6.45, 7) is 4.23. The molecule has 0 unspecified atom stereocenters. The maximum atomic E-state index is 10.5. The zero-order valence-corrected chi connectivity index (χ0v) is 17.2. The zero-order valence-electron chi connectivity index (χ0n) is 17.2. The second-order valence-corrected chi connectivity index (χ2v) is 7.79. The molecule has 0 aliphatic carbocycles. The van der Waals surface area contributed by atoms with E-state index in [1.54, 1.807) is 6.20 Å². The number of β-amino-alcohol motifs (C(OH)–C–C–N with tert-alkyl or cyclic N) is 1. The fourth-order valence-electron chi connectivity index (χ4n) is 3.88. The smallest absolute Gasteiger partial charge is 0.123 e. The van der Waals surface area contributed by atoms with Crippen LogP contribution >= 0.6 is 0 Å². The molecule has 0 amide bonds. The Morgan fingerprint density at radius 2 is 1.83 bits per heavy atom. The van der Waals surface area contributed by atoms with Crippen molar-refractivity contribution in [2.24, 2.45) is 0 Å². The molecule has 1 atom stereocenters. The van der Waals surface area contributed by atoms with E-state index in [1.807, 2.05) is 30.5 Å². The fourth-order valence-corrected chi connectivity index (χ4v) is 3.88. The number of rotatable bonds is 9. The summed E-state index contributed by atoms with van der Waals surface area (Å²) in [5.41, 5.74) is 5.02. The molecule has 30 heavy (non-hydrogen) atoms. The quantitative estimate of drug-likeness (QED) is 0.575. The zero-order chi connectivity index (χ0) is 20.6. The topological polar surface area (TPSA) is 57.6 Å². The molecule has 1 aromatic heterocycles. The Balaban J connectivity index is 1.25. The normalized spacial score (nSPS) is 14.8. The Hall–Kier alpha value is -2.73. The van der Waals surface area contributed by atoms with E-state index in [9.17, 15) is 5.11 Å². The third kappa shape index (κ3) is 5.66. The van der Waals surface area contributed by atoms with Crippen molar-refractivity contribution in [2.45, 2.75) is 32.2 Å². The number of hydrogen-bond acceptors (Lipinski definition) is 5. The number of fused-ring (bicyclic) bond motifs is 1. The molecule has 5 nitrogen and oxygen atoms in total. The summed E-state index contributed by atoms with van der Waals surface area (Å²) in [7, 11) is 0. The van der Waals surface area contributed by atoms with Gasteiger partial charge in [-0.05, 0) is 35.2 Å². The molecular formula is C25H29N3O2. The predicted molar refractivity (Wildman–Crippen MR) is 118 cm³/mol. The first-order valence-corrected chi connectivity index (χ1v) is 10.6. The summed E-state index contributed by atoms with van der Waals surface area (Å²) < 4.78 is 5.98. The SMILES string of the molecule is O[C@H](COc1ccccc1CNCc1cccnc1)CN1CCc2ccccc2C1. The summed E-state index contributed by atoms with van der Waals surface area (Å²) in [5, 5.41) is 14.0. The molecule has 0 fully saturated rings. The van der Waals surface area contributed by atoms with Crippen LogP contribution in [0.4, 0.5) is 0 Å². The molecule has 1 aliphatic rings. The molecule has 0 saturated heterocycles. The lowest BCUT2D eigenvalue weighted by Crippen LogP contribution is -2.38. The molecule has 156 valence electrons. The van der Waals surface area contributed by atoms with E-state index in [1.165, 1.54) is 11.1 Å². The fraction of sp³-hybridized carbons (Fsp3) is 0.320. The molecule has 3 aromatic rings. The van der Waals surface area contributed by atoms with Crippen molar-refractivity contribution in [3.8, 4) is 5.75 Å². The van der Waals surface area contributed by atoms with Gasteiger partial charge in [-0.3, -0.25) is 9.88 Å². The van der Waals surface area contributed by atoms with E-state index in [-0.39, 0.29) is 6.61 Å². The standard InChI is InChI=1S/C25H29N3O2/c29-24(18-28-13-11-21-7-1-2-9-23(21)17-28)19-30-25-10-4-3-8-22(25)16-27-15-20-6-5-12-26-14-20/h1-10,12,14,24,27,29H,11,13,15-19H2/t24-/m0/s1. The maximum Gasteiger partial charge on any atom is 0.123 e. The number of aliphatic hydroxyl groups excluding tert-OH is 1. The minimum Gasteiger partial charge on any atom is -0.491 e. The van der Waals surface area contributed by atoms with Crippen LogP contribution < -0.4 is 10.1 Å². The van der Waals surface area contributed by atoms with Crippen molar-refractivity contribution in [3.63, 3.8) is 0 Å². The first kappa shape index (κ1) is 20.5. The van der Waals surface area contributed by atoms with Gasteiger partial charge >= 0.3 is 0 Å². The summed E-state index contributed by atoms with van der Waals surface area (Å²) >= 11 is 0. The summed E-state index contributed by atoms with van der Waals surface area (Å²) in [6, 6.07) is 20.5. The number of pyridine rings is 1. The molecule has 4 rings (SSSR count). The highest BCUT2D eigenvalue weighted by molar-refractivity contribution is 5.33. The number of nitrogens with zero attached hydrogens (tertiary/aromatic N) is 2. The Morgan fingerprint density at radius 1 is 1.00 bits per heavy atom. The van der Waals surface area contributed by atoms with Gasteiger partial charge in [-0.15, -0.1) is 0 Å². The highest BCUT2D eigenvalue weighted by atomic mass is 16.5. The Bertz CT molecular complexity index is 932. The van der Waals surface area contributed by atoms with Crippen molar-refractivity contribution >= 4 is 0 Å². The third-order valence-corrected chi connectivity index (χ3v) is 5.45. The minimum absolute atomic E-state index is 0.289. The van der Waals surface area contributed by atoms with Gasteiger partial charge in [0.2, 0.25) is 0 Å². The number of hydrogen-bond donors (Lipinski definition) is 2. The number of aromatic nitrogens is 1. The molecule has 1 aliphatic heterocycles. The van der Waals surface area contributed by atoms with Gasteiger partial charge in [-0.1, -0.05) is 48.5 Å². The lowest BCUT2D eigenvalue weighted by atomic mass is 10.00. The molecule has 0 radical (unpaired) electrons. The average molecular weight is 404 g/mol. The van der Waals surface area contributed by atoms with Gasteiger partial charge in [0.05, 0.1) is 0 Å². The maximum absolute atomic E-state index is 10.5. The summed E-state index contributed by atoms with van der Waals surface area (Å²) in [5.74, 6) is 0.819. The third-order valence-electron chi connectivity index (χ3n) is 5.45. The van der Waals surface area contributed by atoms with E-state index < -0.39 is 6.10 Å². The van der Waals surface area contributed by atoms with Crippen LogP contribution in [0.1, 0.15) is 22.3 Å². The molecule has 2 aromatic carbocycles. The Kier molecular flexibility index (Phi) is 7.08. The summed E-state index contributed by atoms with van der Waals surface area (Å²) in [6.07, 6.45) is 4.16. The van der Waals surface area contributed by atoms with Crippen molar-refractivity contribution in [1.29, 1.82) is 0 Å². The molecule has 2 N–H and O–H groups in total. The van der Waals surface area contributed by atoms with Gasteiger partial charge in [0.25, 0.3) is 0 Å². The van der Waals surface area contributed by atoms with E-state index in [4.69, 9.17) is 4.74 Å². The summed E-state index contributed by atoms with van der Waals surface area (Å²) in [4.78, 5) is 6.44. The first-order valence-electron chi connectivity index (χ1n) is 10.6. The van der Waals surface area contributed by atoms with Gasteiger partial charge in [0, 0.05) is 50.7 Å². The number of benzene rings is 2. The minimum atomic E-state index is -0.522. The van der Waals surface area contributed by atoms with Crippen LogP contribution in [0.5, 0.6) is 5.75 Å². The Labute approximate surface area is 178 Å². The second kappa shape index (κ2) is 10.3. The Morgan fingerprint density at radius 3 is 2.70 bits per heavy atom. The van der Waals surface area contributed by atoms with Crippen LogP contribution in [0, 0.1) is 0 Å². The number of aliphatic hydroxyl groups is 1. The van der Waals surface area contributed by atoms with Crippen LogP contribution in [0.25, 0.3) is 0 Å². The van der Waals surface area contributed by atoms with Gasteiger partial charge in [0.1, 0.15) is 18.5 Å². The molecule has 0 spiro atoms. The van der Waals surface area contributed by atoms with Crippen LogP contribution in [-0.2, 0) is 26.1 Å². The van der Waals surface area contributed by atoms with Crippen LogP contribution in [0.3, 0.4) is 0 Å². The van der Waals surface area contributed by atoms with Crippen LogP contribution in [-0.4, -0.2) is 40.8 Å². The number of nitrogens with one attached hydrogen (secondary N) is 1. The number of ether oxygens (including phenoxy) is 1. The van der Waals surface area contributed by atoms with Gasteiger partial charge in [0.15, 0.2) is 0 Å². The second-order valence-electron chi connectivity index (χ2n) is 7.79. The molecule has 0 saturated carbocycles. The molecule has 0 bridgehead atoms. The van der Waals surface area contributed by atoms with Gasteiger partial charge in [-0.2, -0.15) is 0 Å². The average Bonchev–Trinajstić information content (AvgIpc) is 2.79. The van der Waals surface area contributed by atoms with Crippen LogP contribution in [0.2, 0.25) is 0 Å². The van der Waals surface area contributed by atoms with Crippen molar-refractivity contribution in [1.82, 2.24) is 15.2 Å². The van der Waals surface area contributed by atoms with Crippen molar-refractivity contribution in [2.75, 3.05) is 19.7 Å². The van der Waals surface area contributed by atoms with E-state index in [2.05, 4.69) is 51.6 Å². The highest BCUT2D eigenvalue weighted by Gasteiger charge is 2.19. The largest absolute Gasteiger partial charge is 0.491 e. The first-order chi connectivity index (χ1) is 14.8. The predicted octanol–water partition coefficient (Wildman–Crippen LogP) is 3.17. The van der Waals surface area contributed by atoms with E-state index in [0.29, 0.717) is 13.1 Å². The van der Waals surface area contributed by atoms with Gasteiger partial charge in [-0.25, -0.2) is 0 Å². The van der Waals surface area contributed by atoms with E-state index in [0.717, 1.165) is 42.9 Å². The number of para-hydroxylation sites is 1. The van der Waals surface area contributed by atoms with Crippen molar-refractivity contribution in [3.05, 3.63) is 95.3 Å². The van der Waals surface area contributed by atoms with E-state index >= 15 is 0 Å². The highest BCUT2D eigenvalue weighted by Crippen LogP contribution is 2.20. The molecule has 2 heterocycles. The molecule has 5 heteroatoms. The van der Waals surface area contributed by atoms with Crippen molar-refractivity contribution < 1.29 is 9.84 Å². The molecular weight excluding hydrogens is 374 g/mol.